The van der Waals surface area contributed by atoms with Crippen LogP contribution in [0.5, 0.6) is 0 Å². The van der Waals surface area contributed by atoms with E-state index in [4.69, 9.17) is 0 Å². The highest BCUT2D eigenvalue weighted by Gasteiger charge is 2.73. The van der Waals surface area contributed by atoms with E-state index >= 15 is 0 Å². The molecule has 2 atom stereocenters. The second-order valence-corrected chi connectivity index (χ2v) is 6.28. The van der Waals surface area contributed by atoms with E-state index in [1.165, 1.54) is 0 Å². The predicted molar refractivity (Wildman–Crippen MR) is 74.4 cm³/mol. The van der Waals surface area contributed by atoms with E-state index in [1.54, 1.807) is 30.3 Å². The Morgan fingerprint density at radius 3 is 2.43 bits per heavy atom. The number of nitrogens with one attached hydrogen (secondary N) is 1. The Kier molecular flexibility index (Phi) is 2.72. The van der Waals surface area contributed by atoms with Crippen LogP contribution in [0.3, 0.4) is 0 Å². The predicted octanol–water partition coefficient (Wildman–Crippen LogP) is 2.75. The number of aromatic nitrogens is 2. The zero-order valence-electron chi connectivity index (χ0n) is 11.3. The van der Waals surface area contributed by atoms with E-state index in [0.717, 1.165) is 22.9 Å². The van der Waals surface area contributed by atoms with Crippen molar-refractivity contribution in [2.45, 2.75) is 17.0 Å². The van der Waals surface area contributed by atoms with Gasteiger partial charge in [-0.1, -0.05) is 30.3 Å². The van der Waals surface area contributed by atoms with Crippen molar-refractivity contribution in [2.75, 3.05) is 0 Å². The number of benzene rings is 1. The number of rotatable bonds is 2. The van der Waals surface area contributed by atoms with Gasteiger partial charge in [0.25, 0.3) is 5.24 Å². The molecule has 3 saturated heterocycles. The first-order chi connectivity index (χ1) is 10.9. The van der Waals surface area contributed by atoms with E-state index in [1.807, 2.05) is 5.10 Å². The van der Waals surface area contributed by atoms with Crippen LogP contribution in [-0.2, 0) is 16.5 Å². The molecule has 9 heteroatoms. The summed E-state index contributed by atoms with van der Waals surface area (Å²) in [4.78, 5) is 25.0. The number of carbonyl (C=O) groups is 2. The van der Waals surface area contributed by atoms with E-state index in [-0.39, 0.29) is 5.56 Å². The molecule has 2 unspecified atom stereocenters. The van der Waals surface area contributed by atoms with E-state index < -0.39 is 33.8 Å². The van der Waals surface area contributed by atoms with Gasteiger partial charge in [-0.15, -0.1) is 0 Å². The average Bonchev–Trinajstić information content (AvgIpc) is 3.17. The number of nitrogens with zero attached hydrogens (tertiary/aromatic N) is 2. The van der Waals surface area contributed by atoms with Crippen LogP contribution in [0, 0.1) is 0 Å². The fourth-order valence-electron chi connectivity index (χ4n) is 3.23. The van der Waals surface area contributed by atoms with Gasteiger partial charge in [0.2, 0.25) is 5.91 Å². The molecule has 0 spiro atoms. The second kappa shape index (κ2) is 4.38. The van der Waals surface area contributed by atoms with E-state index in [0.29, 0.717) is 5.56 Å². The van der Waals surface area contributed by atoms with Crippen LogP contribution >= 0.6 is 11.8 Å². The molecule has 0 aliphatic carbocycles. The lowest BCUT2D eigenvalue weighted by Crippen LogP contribution is -2.66. The molecule has 5 nitrogen and oxygen atoms in total. The van der Waals surface area contributed by atoms with Gasteiger partial charge in [-0.2, -0.15) is 18.3 Å². The molecule has 23 heavy (non-hydrogen) atoms. The summed E-state index contributed by atoms with van der Waals surface area (Å²) >= 11 is 0.750. The number of alkyl halides is 3. The quantitative estimate of drug-likeness (QED) is 0.855. The third-order valence-electron chi connectivity index (χ3n) is 4.13. The Morgan fingerprint density at radius 1 is 1.22 bits per heavy atom. The van der Waals surface area contributed by atoms with Gasteiger partial charge >= 0.3 is 6.18 Å². The van der Waals surface area contributed by atoms with Gasteiger partial charge in [0, 0.05) is 5.56 Å². The molecule has 0 radical (unpaired) electrons. The van der Waals surface area contributed by atoms with Crippen molar-refractivity contribution in [3.8, 4) is 0 Å². The molecule has 2 aromatic rings. The number of carbonyl (C=O) groups excluding carboxylic acids is 2. The van der Waals surface area contributed by atoms with Crippen LogP contribution in [0.2, 0.25) is 0 Å². The number of H-pyrrole nitrogens is 1. The highest BCUT2D eigenvalue weighted by molar-refractivity contribution is 8.15. The molecule has 118 valence electrons. The lowest BCUT2D eigenvalue weighted by molar-refractivity contribution is -0.149. The molecule has 1 aromatic heterocycles. The van der Waals surface area contributed by atoms with Crippen LogP contribution in [0.1, 0.15) is 16.8 Å². The Balaban J connectivity index is 1.99. The third-order valence-corrected chi connectivity index (χ3v) is 5.29. The normalized spacial score (nSPS) is 26.6. The number of fused-ring (bicyclic) bond motifs is 1. The van der Waals surface area contributed by atoms with Gasteiger partial charge in [0.05, 0.1) is 6.20 Å². The maximum atomic E-state index is 13.3. The number of thioether (sulfide) groups is 1. The zero-order chi connectivity index (χ0) is 16.4. The zero-order valence-corrected chi connectivity index (χ0v) is 12.1. The van der Waals surface area contributed by atoms with Gasteiger partial charge in [-0.05, 0) is 17.3 Å². The molecule has 3 aliphatic heterocycles. The molecule has 4 heterocycles. The van der Waals surface area contributed by atoms with Crippen molar-refractivity contribution in [3.05, 3.63) is 53.3 Å². The first-order valence-corrected chi connectivity index (χ1v) is 7.47. The average molecular weight is 339 g/mol. The Hall–Kier alpha value is -2.29. The van der Waals surface area contributed by atoms with Crippen LogP contribution < -0.4 is 0 Å². The van der Waals surface area contributed by atoms with Crippen molar-refractivity contribution in [1.82, 2.24) is 15.1 Å². The molecular weight excluding hydrogens is 331 g/mol. The maximum Gasteiger partial charge on any atom is 0.433 e. The number of halogens is 3. The summed E-state index contributed by atoms with van der Waals surface area (Å²) < 4.78 is 39.9. The maximum absolute atomic E-state index is 13.3. The summed E-state index contributed by atoms with van der Waals surface area (Å²) in [6.45, 7) is 0. The van der Waals surface area contributed by atoms with Crippen molar-refractivity contribution in [3.63, 3.8) is 0 Å². The van der Waals surface area contributed by atoms with Crippen molar-refractivity contribution < 1.29 is 22.8 Å². The monoisotopic (exact) mass is 339 g/mol. The van der Waals surface area contributed by atoms with Gasteiger partial charge < -0.3 is 0 Å². The van der Waals surface area contributed by atoms with Crippen molar-refractivity contribution in [1.29, 1.82) is 0 Å². The van der Waals surface area contributed by atoms with Gasteiger partial charge in [0.1, 0.15) is 16.5 Å². The minimum Gasteiger partial charge on any atom is -0.273 e. The number of imide groups is 1. The fourth-order valence-corrected chi connectivity index (χ4v) is 4.51. The Morgan fingerprint density at radius 2 is 1.91 bits per heavy atom. The standard InChI is InChI=1S/C14H8F3N3O2S/c15-14(16,17)9-8(6-18-19-9)13(7-4-2-1-3-5-7)10-11(21)20(13)12(22)23-10/h1-6,10H,(H,18,19). The molecule has 0 saturated carbocycles. The SMILES string of the molecule is O=C1SC2C(=O)N1C2(c1ccccc1)c1cn[nH]c1C(F)(F)F. The van der Waals surface area contributed by atoms with Crippen LogP contribution in [0.15, 0.2) is 36.5 Å². The van der Waals surface area contributed by atoms with E-state index in [9.17, 15) is 22.8 Å². The first-order valence-electron chi connectivity index (χ1n) is 6.59. The van der Waals surface area contributed by atoms with Crippen LogP contribution in [0.25, 0.3) is 0 Å². The minimum absolute atomic E-state index is 0.209. The summed E-state index contributed by atoms with van der Waals surface area (Å²) in [5, 5.41) is 4.01. The first kappa shape index (κ1) is 14.3. The number of hydrogen-bond acceptors (Lipinski definition) is 4. The molecule has 3 fully saturated rings. The van der Waals surface area contributed by atoms with Gasteiger partial charge in [-0.25, -0.2) is 0 Å². The fraction of sp³-hybridized carbons (Fsp3) is 0.214. The summed E-state index contributed by atoms with van der Waals surface area (Å²) in [6, 6.07) is 8.24. The number of β-lactam (4-membered cyclic amide) rings is 1. The number of amides is 2. The molecule has 2 bridgehead atoms. The van der Waals surface area contributed by atoms with Gasteiger partial charge in [-0.3, -0.25) is 19.6 Å². The summed E-state index contributed by atoms with van der Waals surface area (Å²) in [5.74, 6) is -0.474. The molecular formula is C14H8F3N3O2S. The largest absolute Gasteiger partial charge is 0.433 e. The highest BCUT2D eigenvalue weighted by atomic mass is 32.2. The lowest BCUT2D eigenvalue weighted by Gasteiger charge is -2.48. The molecule has 2 amide bonds. The molecule has 1 N–H and O–H groups in total. The Bertz CT molecular complexity index is 812. The van der Waals surface area contributed by atoms with Gasteiger partial charge in [0.15, 0.2) is 0 Å². The highest BCUT2D eigenvalue weighted by Crippen LogP contribution is 2.60. The molecule has 1 aromatic carbocycles. The van der Waals surface area contributed by atoms with Crippen molar-refractivity contribution >= 4 is 22.9 Å². The minimum atomic E-state index is -4.67. The second-order valence-electron chi connectivity index (χ2n) is 5.23. The lowest BCUT2D eigenvalue weighted by atomic mass is 9.72. The number of hydrogen-bond donors (Lipinski definition) is 1. The summed E-state index contributed by atoms with van der Waals surface area (Å²) in [7, 11) is 0. The molecule has 5 rings (SSSR count). The smallest absolute Gasteiger partial charge is 0.273 e. The third kappa shape index (κ3) is 1.62. The van der Waals surface area contributed by atoms with Crippen LogP contribution in [-0.4, -0.2) is 31.5 Å². The van der Waals surface area contributed by atoms with Crippen molar-refractivity contribution in [2.24, 2.45) is 0 Å². The van der Waals surface area contributed by atoms with E-state index in [2.05, 4.69) is 5.10 Å². The Labute approximate surface area is 131 Å². The summed E-state index contributed by atoms with van der Waals surface area (Å²) in [6.07, 6.45) is -3.62. The van der Waals surface area contributed by atoms with Crippen LogP contribution in [0.4, 0.5) is 18.0 Å². The topological polar surface area (TPSA) is 66.1 Å². The number of aromatic amines is 1. The summed E-state index contributed by atoms with van der Waals surface area (Å²) in [5.41, 5.74) is -2.26. The molecule has 3 aliphatic rings.